The van der Waals surface area contributed by atoms with Gasteiger partial charge in [0.05, 0.1) is 23.6 Å². The predicted octanol–water partition coefficient (Wildman–Crippen LogP) is 3.18. The highest BCUT2D eigenvalue weighted by atomic mass is 16.4. The number of benzene rings is 1. The summed E-state index contributed by atoms with van der Waals surface area (Å²) in [7, 11) is 0. The van der Waals surface area contributed by atoms with Crippen molar-refractivity contribution in [1.82, 2.24) is 5.01 Å². The molecule has 7 heteroatoms. The molecule has 1 N–H and O–H groups in total. The van der Waals surface area contributed by atoms with Crippen LogP contribution in [0.15, 0.2) is 58.1 Å². The normalized spacial score (nSPS) is 30.1. The predicted molar refractivity (Wildman–Crippen MR) is 105 cm³/mol. The molecule has 150 valence electrons. The number of carboxylic acid groups (broad SMARTS) is 1. The minimum Gasteiger partial charge on any atom is -0.478 e. The molecule has 0 unspecified atom stereocenters. The number of carbonyl (C=O) groups excluding carboxylic acids is 2. The Hall–Kier alpha value is -3.48. The Morgan fingerprint density at radius 3 is 2.43 bits per heavy atom. The molecular formula is C23H18N2O5. The first-order valence-corrected chi connectivity index (χ1v) is 10.0. The fourth-order valence-corrected chi connectivity index (χ4v) is 5.67. The molecule has 6 rings (SSSR count). The quantitative estimate of drug-likeness (QED) is 0.481. The van der Waals surface area contributed by atoms with E-state index in [1.807, 2.05) is 0 Å². The summed E-state index contributed by atoms with van der Waals surface area (Å²) >= 11 is 0. The first-order chi connectivity index (χ1) is 14.5. The van der Waals surface area contributed by atoms with E-state index in [9.17, 15) is 14.4 Å². The highest BCUT2D eigenvalue weighted by Crippen LogP contribution is 2.73. The number of hydrogen-bond acceptors (Lipinski definition) is 5. The van der Waals surface area contributed by atoms with Gasteiger partial charge in [0.2, 0.25) is 0 Å². The highest BCUT2D eigenvalue weighted by molar-refractivity contribution is 6.07. The van der Waals surface area contributed by atoms with E-state index in [1.165, 1.54) is 18.3 Å². The molecule has 4 atom stereocenters. The zero-order chi connectivity index (χ0) is 20.6. The van der Waals surface area contributed by atoms with Gasteiger partial charge in [-0.15, -0.1) is 0 Å². The Bertz CT molecular complexity index is 1140. The van der Waals surface area contributed by atoms with Crippen LogP contribution in [-0.2, 0) is 9.59 Å². The van der Waals surface area contributed by atoms with Crippen LogP contribution < -0.4 is 0 Å². The maximum atomic E-state index is 12.9. The van der Waals surface area contributed by atoms with Crippen LogP contribution in [0, 0.1) is 29.1 Å². The van der Waals surface area contributed by atoms with Crippen molar-refractivity contribution in [3.63, 3.8) is 0 Å². The van der Waals surface area contributed by atoms with Gasteiger partial charge in [0.25, 0.3) is 11.8 Å². The number of fused-ring (bicyclic) bond motifs is 3. The second-order valence-corrected chi connectivity index (χ2v) is 8.54. The van der Waals surface area contributed by atoms with Gasteiger partial charge in [0.1, 0.15) is 11.5 Å². The third-order valence-corrected chi connectivity index (χ3v) is 7.15. The van der Waals surface area contributed by atoms with E-state index in [4.69, 9.17) is 9.52 Å². The maximum Gasteiger partial charge on any atom is 0.335 e. The van der Waals surface area contributed by atoms with Crippen molar-refractivity contribution in [2.45, 2.75) is 12.8 Å². The van der Waals surface area contributed by atoms with Crippen LogP contribution in [0.25, 0.3) is 11.3 Å². The summed E-state index contributed by atoms with van der Waals surface area (Å²) in [5.74, 6) is -0.816. The van der Waals surface area contributed by atoms with Crippen LogP contribution in [0.3, 0.4) is 0 Å². The Labute approximate surface area is 171 Å². The van der Waals surface area contributed by atoms with Gasteiger partial charge in [-0.3, -0.25) is 9.59 Å². The van der Waals surface area contributed by atoms with E-state index >= 15 is 0 Å². The van der Waals surface area contributed by atoms with Crippen LogP contribution in [0.1, 0.15) is 29.0 Å². The van der Waals surface area contributed by atoms with Gasteiger partial charge in [-0.1, -0.05) is 24.3 Å². The summed E-state index contributed by atoms with van der Waals surface area (Å²) in [6.07, 6.45) is 7.82. The number of furan rings is 1. The van der Waals surface area contributed by atoms with Gasteiger partial charge < -0.3 is 9.52 Å². The molecule has 2 heterocycles. The zero-order valence-corrected chi connectivity index (χ0v) is 15.9. The smallest absolute Gasteiger partial charge is 0.335 e. The number of rotatable bonds is 4. The summed E-state index contributed by atoms with van der Waals surface area (Å²) in [5, 5.41) is 14.3. The van der Waals surface area contributed by atoms with Crippen LogP contribution >= 0.6 is 0 Å². The number of carbonyl (C=O) groups is 3. The Morgan fingerprint density at radius 2 is 1.80 bits per heavy atom. The lowest BCUT2D eigenvalue weighted by atomic mass is 9.85. The van der Waals surface area contributed by atoms with E-state index in [0.717, 1.165) is 17.9 Å². The lowest BCUT2D eigenvalue weighted by molar-refractivity contribution is -0.141. The van der Waals surface area contributed by atoms with Crippen molar-refractivity contribution in [3.05, 3.63) is 59.9 Å². The Kier molecular flexibility index (Phi) is 3.35. The van der Waals surface area contributed by atoms with Crippen LogP contribution in [0.5, 0.6) is 0 Å². The minimum atomic E-state index is -1.02. The van der Waals surface area contributed by atoms with Gasteiger partial charge in [0, 0.05) is 5.56 Å². The molecule has 2 saturated carbocycles. The lowest BCUT2D eigenvalue weighted by Gasteiger charge is -2.18. The molecule has 2 aromatic rings. The van der Waals surface area contributed by atoms with Crippen molar-refractivity contribution in [2.75, 3.05) is 0 Å². The van der Waals surface area contributed by atoms with Crippen molar-refractivity contribution in [1.29, 1.82) is 0 Å². The summed E-state index contributed by atoms with van der Waals surface area (Å²) in [6.45, 7) is 0. The number of allylic oxidation sites excluding steroid dienone is 2. The fraction of sp³-hybridized carbons (Fsp3) is 0.304. The molecule has 30 heavy (non-hydrogen) atoms. The van der Waals surface area contributed by atoms with Crippen LogP contribution in [0.2, 0.25) is 0 Å². The standard InChI is InChI=1S/C23H18N2O5/c26-20-18-15-5-6-16(23(15)8-9-23)19(18)21(27)25(20)24-11-14-4-7-17(30-14)12-2-1-3-13(10-12)22(28)29/h1-7,10-11,15-16,18-19H,8-9H2,(H,28,29)/b24-11-/t15-,16+,18-,19-/m0/s1. The molecule has 3 aliphatic carbocycles. The topological polar surface area (TPSA) is 100 Å². The van der Waals surface area contributed by atoms with Gasteiger partial charge >= 0.3 is 5.97 Å². The van der Waals surface area contributed by atoms with Crippen molar-refractivity contribution in [2.24, 2.45) is 34.2 Å². The number of aromatic carboxylic acids is 1. The van der Waals surface area contributed by atoms with E-state index < -0.39 is 5.97 Å². The van der Waals surface area contributed by atoms with Gasteiger partial charge in [-0.2, -0.15) is 10.1 Å². The molecule has 1 spiro atoms. The van der Waals surface area contributed by atoms with Gasteiger partial charge in [-0.25, -0.2) is 4.79 Å². The number of nitrogens with zero attached hydrogens (tertiary/aromatic N) is 2. The molecule has 1 aliphatic heterocycles. The Balaban J connectivity index is 1.23. The number of carboxylic acids is 1. The first-order valence-electron chi connectivity index (χ1n) is 10.0. The molecule has 7 nitrogen and oxygen atoms in total. The van der Waals surface area contributed by atoms with Crippen molar-refractivity contribution >= 4 is 24.0 Å². The lowest BCUT2D eigenvalue weighted by Crippen LogP contribution is -2.30. The highest BCUT2D eigenvalue weighted by Gasteiger charge is 2.73. The molecule has 3 fully saturated rings. The third kappa shape index (κ3) is 2.20. The third-order valence-electron chi connectivity index (χ3n) is 7.15. The van der Waals surface area contributed by atoms with Crippen LogP contribution in [-0.4, -0.2) is 34.1 Å². The van der Waals surface area contributed by atoms with Crippen molar-refractivity contribution in [3.8, 4) is 11.3 Å². The Morgan fingerprint density at radius 1 is 1.10 bits per heavy atom. The molecule has 4 aliphatic rings. The average Bonchev–Trinajstić information content (AvgIpc) is 3.03. The molecule has 1 aromatic carbocycles. The zero-order valence-electron chi connectivity index (χ0n) is 15.9. The number of hydrogen-bond donors (Lipinski definition) is 1. The largest absolute Gasteiger partial charge is 0.478 e. The van der Waals surface area contributed by atoms with Gasteiger partial charge in [-0.05, 0) is 54.4 Å². The van der Waals surface area contributed by atoms with Gasteiger partial charge in [0.15, 0.2) is 0 Å². The maximum absolute atomic E-state index is 12.9. The number of imide groups is 1. The van der Waals surface area contributed by atoms with E-state index in [2.05, 4.69) is 17.3 Å². The molecule has 2 amide bonds. The number of amides is 2. The number of hydrazone groups is 1. The first kappa shape index (κ1) is 17.4. The van der Waals surface area contributed by atoms with Crippen molar-refractivity contribution < 1.29 is 23.9 Å². The second-order valence-electron chi connectivity index (χ2n) is 8.54. The van der Waals surface area contributed by atoms with E-state index in [0.29, 0.717) is 17.1 Å². The molecule has 1 aromatic heterocycles. The monoisotopic (exact) mass is 402 g/mol. The second kappa shape index (κ2) is 5.78. The molecule has 1 saturated heterocycles. The SMILES string of the molecule is O=C(O)c1cccc(-c2ccc(/C=N\N3C(=O)[C@@H]4[C@@H](C3=O)[C@@H]3C=C[C@H]4C34CC4)o2)c1. The summed E-state index contributed by atoms with van der Waals surface area (Å²) in [5.41, 5.74) is 0.946. The fourth-order valence-electron chi connectivity index (χ4n) is 5.67. The van der Waals surface area contributed by atoms with Crippen LogP contribution in [0.4, 0.5) is 0 Å². The average molecular weight is 402 g/mol. The molecular weight excluding hydrogens is 384 g/mol. The van der Waals surface area contributed by atoms with E-state index in [-0.39, 0.29) is 46.5 Å². The summed E-state index contributed by atoms with van der Waals surface area (Å²) in [6, 6.07) is 9.79. The summed E-state index contributed by atoms with van der Waals surface area (Å²) < 4.78 is 5.72. The molecule has 2 bridgehead atoms. The van der Waals surface area contributed by atoms with E-state index in [1.54, 1.807) is 24.3 Å². The minimum absolute atomic E-state index is 0.163. The molecule has 0 radical (unpaired) electrons. The summed E-state index contributed by atoms with van der Waals surface area (Å²) in [4.78, 5) is 37.0.